The van der Waals surface area contributed by atoms with Gasteiger partial charge in [0.05, 0.1) is 12.6 Å². The van der Waals surface area contributed by atoms with Crippen LogP contribution in [0.3, 0.4) is 0 Å². The summed E-state index contributed by atoms with van der Waals surface area (Å²) >= 11 is 3.54. The number of hydrogen-bond donors (Lipinski definition) is 1. The molecule has 1 unspecified atom stereocenters. The normalized spacial score (nSPS) is 12.2. The van der Waals surface area contributed by atoms with Gasteiger partial charge in [-0.2, -0.15) is 0 Å². The minimum absolute atomic E-state index is 0.0991. The Morgan fingerprint density at radius 3 is 2.60 bits per heavy atom. The number of hydrogen-bond acceptors (Lipinski definition) is 3. The van der Waals surface area contributed by atoms with Crippen molar-refractivity contribution in [3.05, 3.63) is 58.3 Å². The molecule has 0 spiro atoms. The van der Waals surface area contributed by atoms with Gasteiger partial charge in [0.15, 0.2) is 0 Å². The van der Waals surface area contributed by atoms with Crippen LogP contribution < -0.4 is 10.1 Å². The van der Waals surface area contributed by atoms with E-state index in [4.69, 9.17) is 4.74 Å². The number of nitrogens with zero attached hydrogens (tertiary/aromatic N) is 1. The lowest BCUT2D eigenvalue weighted by Crippen LogP contribution is -2.22. The van der Waals surface area contributed by atoms with Crippen LogP contribution >= 0.6 is 15.9 Å². The molecule has 2 aromatic rings. The Bertz CT molecular complexity index is 545. The second-order valence-corrected chi connectivity index (χ2v) is 5.30. The summed E-state index contributed by atoms with van der Waals surface area (Å²) in [5, 5.41) is 3.51. The quantitative estimate of drug-likeness (QED) is 0.868. The first-order chi connectivity index (χ1) is 9.76. The van der Waals surface area contributed by atoms with Crippen molar-refractivity contribution in [2.45, 2.75) is 19.9 Å². The van der Waals surface area contributed by atoms with Gasteiger partial charge in [0.25, 0.3) is 0 Å². The maximum Gasteiger partial charge on any atom is 0.124 e. The molecule has 0 aliphatic carbocycles. The zero-order chi connectivity index (χ0) is 14.4. The van der Waals surface area contributed by atoms with Gasteiger partial charge in [-0.1, -0.05) is 22.9 Å². The summed E-state index contributed by atoms with van der Waals surface area (Å²) in [6, 6.07) is 10.3. The van der Waals surface area contributed by atoms with Crippen molar-refractivity contribution in [2.24, 2.45) is 0 Å². The van der Waals surface area contributed by atoms with E-state index in [0.29, 0.717) is 6.61 Å². The molecule has 0 amide bonds. The minimum Gasteiger partial charge on any atom is -0.494 e. The molecule has 1 N–H and O–H groups in total. The van der Waals surface area contributed by atoms with Crippen molar-refractivity contribution in [2.75, 3.05) is 13.2 Å². The number of benzene rings is 1. The van der Waals surface area contributed by atoms with E-state index in [-0.39, 0.29) is 6.04 Å². The van der Waals surface area contributed by atoms with Crippen molar-refractivity contribution < 1.29 is 4.74 Å². The summed E-state index contributed by atoms with van der Waals surface area (Å²) in [6.45, 7) is 5.64. The summed E-state index contributed by atoms with van der Waals surface area (Å²) in [7, 11) is 0. The Morgan fingerprint density at radius 1 is 1.20 bits per heavy atom. The van der Waals surface area contributed by atoms with Crippen LogP contribution in [0, 0.1) is 0 Å². The smallest absolute Gasteiger partial charge is 0.124 e. The van der Waals surface area contributed by atoms with E-state index < -0.39 is 0 Å². The van der Waals surface area contributed by atoms with Gasteiger partial charge in [0, 0.05) is 22.4 Å². The molecule has 0 aliphatic heterocycles. The highest BCUT2D eigenvalue weighted by atomic mass is 79.9. The summed E-state index contributed by atoms with van der Waals surface area (Å²) in [6.07, 6.45) is 3.63. The molecular formula is C16H19BrN2O. The molecule has 1 aromatic heterocycles. The average Bonchev–Trinajstić information content (AvgIpc) is 2.48. The van der Waals surface area contributed by atoms with Crippen LogP contribution in [0.5, 0.6) is 5.75 Å². The number of halogens is 1. The number of ether oxygens (including phenoxy) is 1. The fraction of sp³-hybridized carbons (Fsp3) is 0.312. The Hall–Kier alpha value is -1.39. The SMILES string of the molecule is CCNC(c1ccncc1)c1cc(Br)ccc1OCC. The van der Waals surface area contributed by atoms with E-state index in [1.54, 1.807) is 0 Å². The predicted octanol–water partition coefficient (Wildman–Crippen LogP) is 3.94. The number of pyridine rings is 1. The molecule has 20 heavy (non-hydrogen) atoms. The number of nitrogens with one attached hydrogen (secondary N) is 1. The average molecular weight is 335 g/mol. The lowest BCUT2D eigenvalue weighted by molar-refractivity contribution is 0.333. The molecule has 4 heteroatoms. The van der Waals surface area contributed by atoms with Crippen LogP contribution in [-0.2, 0) is 0 Å². The highest BCUT2D eigenvalue weighted by Crippen LogP contribution is 2.32. The van der Waals surface area contributed by atoms with Crippen LogP contribution in [0.2, 0.25) is 0 Å². The summed E-state index contributed by atoms with van der Waals surface area (Å²) in [5.74, 6) is 0.915. The van der Waals surface area contributed by atoms with Crippen molar-refractivity contribution in [1.29, 1.82) is 0 Å². The monoisotopic (exact) mass is 334 g/mol. The van der Waals surface area contributed by atoms with Gasteiger partial charge in [0.1, 0.15) is 5.75 Å². The van der Waals surface area contributed by atoms with Crippen molar-refractivity contribution in [1.82, 2.24) is 10.3 Å². The van der Waals surface area contributed by atoms with E-state index in [1.807, 2.05) is 43.6 Å². The van der Waals surface area contributed by atoms with Crippen LogP contribution in [0.4, 0.5) is 0 Å². The molecule has 3 nitrogen and oxygen atoms in total. The molecule has 1 atom stereocenters. The van der Waals surface area contributed by atoms with Gasteiger partial charge in [-0.15, -0.1) is 0 Å². The maximum absolute atomic E-state index is 5.76. The minimum atomic E-state index is 0.0991. The molecule has 0 saturated heterocycles. The van der Waals surface area contributed by atoms with Crippen LogP contribution in [-0.4, -0.2) is 18.1 Å². The Morgan fingerprint density at radius 2 is 1.95 bits per heavy atom. The second-order valence-electron chi connectivity index (χ2n) is 4.39. The van der Waals surface area contributed by atoms with Gasteiger partial charge in [-0.25, -0.2) is 0 Å². The molecule has 0 fully saturated rings. The van der Waals surface area contributed by atoms with Gasteiger partial charge in [-0.05, 0) is 49.4 Å². The zero-order valence-electron chi connectivity index (χ0n) is 11.8. The first-order valence-electron chi connectivity index (χ1n) is 6.81. The van der Waals surface area contributed by atoms with E-state index in [9.17, 15) is 0 Å². The summed E-state index contributed by atoms with van der Waals surface area (Å²) < 4.78 is 6.81. The fourth-order valence-electron chi connectivity index (χ4n) is 2.20. The highest BCUT2D eigenvalue weighted by molar-refractivity contribution is 9.10. The van der Waals surface area contributed by atoms with E-state index in [0.717, 1.165) is 22.3 Å². The Labute approximate surface area is 128 Å². The van der Waals surface area contributed by atoms with Crippen molar-refractivity contribution in [3.63, 3.8) is 0 Å². The van der Waals surface area contributed by atoms with E-state index in [1.165, 1.54) is 5.56 Å². The Kier molecular flexibility index (Phi) is 5.56. The van der Waals surface area contributed by atoms with Gasteiger partial charge < -0.3 is 10.1 Å². The third kappa shape index (κ3) is 3.58. The topological polar surface area (TPSA) is 34.2 Å². The molecule has 2 rings (SSSR count). The third-order valence-corrected chi connectivity index (χ3v) is 3.52. The third-order valence-electron chi connectivity index (χ3n) is 3.03. The van der Waals surface area contributed by atoms with E-state index >= 15 is 0 Å². The molecule has 0 radical (unpaired) electrons. The molecule has 1 aromatic carbocycles. The van der Waals surface area contributed by atoms with Crippen molar-refractivity contribution >= 4 is 15.9 Å². The zero-order valence-corrected chi connectivity index (χ0v) is 13.4. The summed E-state index contributed by atoms with van der Waals surface area (Å²) in [5.41, 5.74) is 2.31. The second kappa shape index (κ2) is 7.41. The largest absolute Gasteiger partial charge is 0.494 e. The number of aromatic nitrogens is 1. The first kappa shape index (κ1) is 15.0. The molecule has 0 aliphatic rings. The lowest BCUT2D eigenvalue weighted by Gasteiger charge is -2.22. The number of rotatable bonds is 6. The van der Waals surface area contributed by atoms with Crippen molar-refractivity contribution in [3.8, 4) is 5.75 Å². The standard InChI is InChI=1S/C16H19BrN2O/c1-3-19-16(12-7-9-18-10-8-12)14-11-13(17)5-6-15(14)20-4-2/h5-11,16,19H,3-4H2,1-2H3. The molecule has 1 heterocycles. The maximum atomic E-state index is 5.76. The molecular weight excluding hydrogens is 316 g/mol. The predicted molar refractivity (Wildman–Crippen MR) is 85.1 cm³/mol. The molecule has 106 valence electrons. The Balaban J connectivity index is 2.45. The summed E-state index contributed by atoms with van der Waals surface area (Å²) in [4.78, 5) is 4.09. The molecule has 0 saturated carbocycles. The van der Waals surface area contributed by atoms with Crippen LogP contribution in [0.1, 0.15) is 31.0 Å². The highest BCUT2D eigenvalue weighted by Gasteiger charge is 2.17. The lowest BCUT2D eigenvalue weighted by atomic mass is 9.98. The van der Waals surface area contributed by atoms with Gasteiger partial charge in [-0.3, -0.25) is 4.98 Å². The fourth-order valence-corrected chi connectivity index (χ4v) is 2.58. The van der Waals surface area contributed by atoms with E-state index in [2.05, 4.69) is 39.2 Å². The van der Waals surface area contributed by atoms with Crippen LogP contribution in [0.15, 0.2) is 47.2 Å². The van der Waals surface area contributed by atoms with Crippen LogP contribution in [0.25, 0.3) is 0 Å². The first-order valence-corrected chi connectivity index (χ1v) is 7.61. The molecule has 0 bridgehead atoms. The van der Waals surface area contributed by atoms with Gasteiger partial charge >= 0.3 is 0 Å². The van der Waals surface area contributed by atoms with Gasteiger partial charge in [0.2, 0.25) is 0 Å².